The minimum Gasteiger partial charge on any atom is -0.271 e. The van der Waals surface area contributed by atoms with Crippen LogP contribution in [0.3, 0.4) is 0 Å². The van der Waals surface area contributed by atoms with E-state index in [-0.39, 0.29) is 0 Å². The molecule has 0 atom stereocenters. The Morgan fingerprint density at radius 1 is 1.21 bits per heavy atom. The Bertz CT molecular complexity index is 451. The Morgan fingerprint density at radius 3 is 2.79 bits per heavy atom. The number of rotatable bonds is 2. The summed E-state index contributed by atoms with van der Waals surface area (Å²) < 4.78 is 1.82. The molecule has 1 aromatic carbocycles. The van der Waals surface area contributed by atoms with E-state index in [1.165, 1.54) is 10.9 Å². The molecular weight excluding hydrogens is 174 g/mol. The maximum absolute atomic E-state index is 5.49. The minimum absolute atomic E-state index is 0.678. The molecule has 2 rings (SSSR count). The van der Waals surface area contributed by atoms with Gasteiger partial charge in [-0.05, 0) is 25.5 Å². The van der Waals surface area contributed by atoms with Crippen molar-refractivity contribution < 1.29 is 9.57 Å². The first-order valence-corrected chi connectivity index (χ1v) is 4.86. The maximum Gasteiger partial charge on any atom is 0.264 e. The highest BCUT2D eigenvalue weighted by atomic mass is 16.7. The third kappa shape index (κ3) is 1.43. The van der Waals surface area contributed by atoms with E-state index in [0.717, 1.165) is 5.52 Å². The Hall–Kier alpha value is -1.57. The van der Waals surface area contributed by atoms with Crippen molar-refractivity contribution in [2.24, 2.45) is 0 Å². The number of pyridine rings is 1. The van der Waals surface area contributed by atoms with E-state index in [0.29, 0.717) is 6.61 Å². The van der Waals surface area contributed by atoms with Crippen LogP contribution < -0.4 is 9.57 Å². The van der Waals surface area contributed by atoms with Gasteiger partial charge in [-0.1, -0.05) is 12.1 Å². The fourth-order valence-corrected chi connectivity index (χ4v) is 1.60. The van der Waals surface area contributed by atoms with Gasteiger partial charge in [0.05, 0.1) is 5.39 Å². The van der Waals surface area contributed by atoms with Gasteiger partial charge in [0.25, 0.3) is 5.52 Å². The number of fused-ring (bicyclic) bond motifs is 1. The summed E-state index contributed by atoms with van der Waals surface area (Å²) >= 11 is 0. The maximum atomic E-state index is 5.49. The fraction of sp³-hybridized carbons (Fsp3) is 0.250. The van der Waals surface area contributed by atoms with Crippen LogP contribution >= 0.6 is 0 Å². The highest BCUT2D eigenvalue weighted by molar-refractivity contribution is 5.78. The van der Waals surface area contributed by atoms with Crippen LogP contribution in [0.4, 0.5) is 0 Å². The predicted octanol–water partition coefficient (Wildman–Crippen LogP) is 1.88. The highest BCUT2D eigenvalue weighted by Crippen LogP contribution is 2.12. The minimum atomic E-state index is 0.678. The van der Waals surface area contributed by atoms with Crippen LogP contribution in [-0.2, 0) is 0 Å². The largest absolute Gasteiger partial charge is 0.271 e. The van der Waals surface area contributed by atoms with E-state index in [1.54, 1.807) is 0 Å². The SMILES string of the molecule is CCO[n+]1ccc(C)c2ccccc21. The molecule has 72 valence electrons. The summed E-state index contributed by atoms with van der Waals surface area (Å²) in [6, 6.07) is 10.3. The molecule has 0 aliphatic carbocycles. The van der Waals surface area contributed by atoms with Crippen LogP contribution in [0.25, 0.3) is 10.9 Å². The first-order valence-electron chi connectivity index (χ1n) is 4.86. The van der Waals surface area contributed by atoms with Gasteiger partial charge in [-0.25, -0.2) is 0 Å². The Morgan fingerprint density at radius 2 is 2.00 bits per heavy atom. The second kappa shape index (κ2) is 3.66. The zero-order chi connectivity index (χ0) is 9.97. The van der Waals surface area contributed by atoms with Crippen LogP contribution in [0.5, 0.6) is 0 Å². The molecule has 0 saturated carbocycles. The van der Waals surface area contributed by atoms with Crippen molar-refractivity contribution in [3.63, 3.8) is 0 Å². The van der Waals surface area contributed by atoms with Crippen molar-refractivity contribution in [1.82, 2.24) is 0 Å². The highest BCUT2D eigenvalue weighted by Gasteiger charge is 2.10. The Labute approximate surface area is 83.7 Å². The van der Waals surface area contributed by atoms with Crippen molar-refractivity contribution in [2.45, 2.75) is 13.8 Å². The fourth-order valence-electron chi connectivity index (χ4n) is 1.60. The average Bonchev–Trinajstić information content (AvgIpc) is 2.23. The number of aryl methyl sites for hydroxylation is 1. The molecule has 0 N–H and O–H groups in total. The van der Waals surface area contributed by atoms with E-state index in [9.17, 15) is 0 Å². The quantitative estimate of drug-likeness (QED) is 0.656. The number of hydrogen-bond acceptors (Lipinski definition) is 1. The second-order valence-electron chi connectivity index (χ2n) is 3.26. The molecule has 2 aromatic rings. The summed E-state index contributed by atoms with van der Waals surface area (Å²) in [7, 11) is 0. The summed E-state index contributed by atoms with van der Waals surface area (Å²) in [5, 5.41) is 1.24. The van der Waals surface area contributed by atoms with Gasteiger partial charge in [0, 0.05) is 16.9 Å². The molecule has 0 amide bonds. The molecule has 0 aliphatic rings. The molecule has 0 spiro atoms. The van der Waals surface area contributed by atoms with Crippen molar-refractivity contribution >= 4 is 10.9 Å². The Balaban J connectivity index is 2.68. The number of aromatic nitrogens is 1. The van der Waals surface area contributed by atoms with Gasteiger partial charge in [-0.2, -0.15) is 0 Å². The van der Waals surface area contributed by atoms with Crippen LogP contribution in [0.15, 0.2) is 36.5 Å². The molecule has 0 bridgehead atoms. The molecular formula is C12H14NO+. The van der Waals surface area contributed by atoms with Crippen molar-refractivity contribution in [2.75, 3.05) is 6.61 Å². The third-order valence-corrected chi connectivity index (χ3v) is 2.29. The summed E-state index contributed by atoms with van der Waals surface area (Å²) in [5.74, 6) is 0. The smallest absolute Gasteiger partial charge is 0.264 e. The monoisotopic (exact) mass is 188 g/mol. The number of hydrogen-bond donors (Lipinski definition) is 0. The predicted molar refractivity (Wildman–Crippen MR) is 56.0 cm³/mol. The zero-order valence-corrected chi connectivity index (χ0v) is 8.53. The zero-order valence-electron chi connectivity index (χ0n) is 8.53. The number of nitrogens with zero attached hydrogens (tertiary/aromatic N) is 1. The van der Waals surface area contributed by atoms with E-state index in [1.807, 2.05) is 30.0 Å². The van der Waals surface area contributed by atoms with Crippen LogP contribution in [0.2, 0.25) is 0 Å². The van der Waals surface area contributed by atoms with Crippen molar-refractivity contribution in [3.05, 3.63) is 42.1 Å². The summed E-state index contributed by atoms with van der Waals surface area (Å²) in [5.41, 5.74) is 2.39. The van der Waals surface area contributed by atoms with E-state index >= 15 is 0 Å². The van der Waals surface area contributed by atoms with Gasteiger partial charge in [0.15, 0.2) is 6.61 Å². The lowest BCUT2D eigenvalue weighted by molar-refractivity contribution is -0.870. The van der Waals surface area contributed by atoms with Crippen molar-refractivity contribution in [3.8, 4) is 0 Å². The van der Waals surface area contributed by atoms with E-state index < -0.39 is 0 Å². The van der Waals surface area contributed by atoms with Crippen LogP contribution in [0.1, 0.15) is 12.5 Å². The second-order valence-corrected chi connectivity index (χ2v) is 3.26. The summed E-state index contributed by atoms with van der Waals surface area (Å²) in [6.07, 6.45) is 1.96. The lowest BCUT2D eigenvalue weighted by atomic mass is 10.1. The molecule has 0 radical (unpaired) electrons. The molecule has 0 saturated heterocycles. The standard InChI is InChI=1S/C12H14NO/c1-3-14-13-9-8-10(2)11-6-4-5-7-12(11)13/h4-9H,3H2,1-2H3/q+1. The molecule has 2 heteroatoms. The number of benzene rings is 1. The first-order chi connectivity index (χ1) is 6.83. The third-order valence-electron chi connectivity index (χ3n) is 2.29. The van der Waals surface area contributed by atoms with E-state index in [4.69, 9.17) is 4.84 Å². The van der Waals surface area contributed by atoms with Crippen LogP contribution in [0, 0.1) is 6.92 Å². The lowest BCUT2D eigenvalue weighted by Gasteiger charge is -2.00. The molecule has 0 aliphatic heterocycles. The molecule has 2 nitrogen and oxygen atoms in total. The molecule has 1 aromatic heterocycles. The molecule has 1 heterocycles. The van der Waals surface area contributed by atoms with Crippen LogP contribution in [-0.4, -0.2) is 6.61 Å². The van der Waals surface area contributed by atoms with Crippen molar-refractivity contribution in [1.29, 1.82) is 0 Å². The average molecular weight is 188 g/mol. The Kier molecular flexibility index (Phi) is 2.35. The van der Waals surface area contributed by atoms with E-state index in [2.05, 4.69) is 25.1 Å². The summed E-state index contributed by atoms with van der Waals surface area (Å²) in [6.45, 7) is 4.78. The van der Waals surface area contributed by atoms with Gasteiger partial charge >= 0.3 is 0 Å². The first kappa shape index (κ1) is 9.00. The van der Waals surface area contributed by atoms with Gasteiger partial charge in [-0.3, -0.25) is 4.84 Å². The van der Waals surface area contributed by atoms with Gasteiger partial charge in [0.1, 0.15) is 0 Å². The summed E-state index contributed by atoms with van der Waals surface area (Å²) in [4.78, 5) is 5.49. The normalized spacial score (nSPS) is 10.4. The van der Waals surface area contributed by atoms with Gasteiger partial charge in [0.2, 0.25) is 6.20 Å². The van der Waals surface area contributed by atoms with Gasteiger partial charge < -0.3 is 0 Å². The molecule has 0 fully saturated rings. The topological polar surface area (TPSA) is 13.1 Å². The molecule has 0 unspecified atom stereocenters. The molecule has 14 heavy (non-hydrogen) atoms. The lowest BCUT2D eigenvalue weighted by Crippen LogP contribution is -2.42. The van der Waals surface area contributed by atoms with Gasteiger partial charge in [-0.15, -0.1) is 0 Å². The number of para-hydroxylation sites is 1.